The summed E-state index contributed by atoms with van der Waals surface area (Å²) in [5, 5.41) is 6.40. The predicted molar refractivity (Wildman–Crippen MR) is 121 cm³/mol. The Morgan fingerprint density at radius 1 is 0.969 bits per heavy atom. The zero-order valence-corrected chi connectivity index (χ0v) is 18.7. The van der Waals surface area contributed by atoms with Crippen molar-refractivity contribution in [2.24, 2.45) is 5.92 Å². The molecule has 0 bridgehead atoms. The van der Waals surface area contributed by atoms with Gasteiger partial charge >= 0.3 is 5.97 Å². The van der Waals surface area contributed by atoms with Gasteiger partial charge in [0.2, 0.25) is 0 Å². The highest BCUT2D eigenvalue weighted by Gasteiger charge is 2.27. The molecule has 0 fully saturated rings. The van der Waals surface area contributed by atoms with Gasteiger partial charge in [-0.25, -0.2) is 4.79 Å². The van der Waals surface area contributed by atoms with E-state index in [2.05, 4.69) is 10.6 Å². The standard InChI is InChI=1S/C25H28N2O5/c1-15(2)23(27-24(29)19-10-7-8-16(3)12-19)25(30)31-14-22(28)26-17(4)21-13-18-9-5-6-11-20(18)32-21/h5-13,15,17,23H,14H2,1-4H3,(H,26,28)(H,27,29)/t17-,23-/m1/s1. The first-order valence-corrected chi connectivity index (χ1v) is 10.6. The van der Waals surface area contributed by atoms with Crippen LogP contribution in [0.2, 0.25) is 0 Å². The second-order valence-electron chi connectivity index (χ2n) is 8.15. The van der Waals surface area contributed by atoms with Crippen molar-refractivity contribution >= 4 is 28.8 Å². The largest absolute Gasteiger partial charge is 0.459 e. The van der Waals surface area contributed by atoms with Gasteiger partial charge in [-0.3, -0.25) is 9.59 Å². The summed E-state index contributed by atoms with van der Waals surface area (Å²) in [6, 6.07) is 15.2. The minimum absolute atomic E-state index is 0.214. The molecule has 2 aromatic carbocycles. The van der Waals surface area contributed by atoms with Crippen LogP contribution in [0.3, 0.4) is 0 Å². The van der Waals surface area contributed by atoms with E-state index in [1.165, 1.54) is 0 Å². The third kappa shape index (κ3) is 5.75. The predicted octanol–water partition coefficient (Wildman–Crippen LogP) is 3.92. The van der Waals surface area contributed by atoms with Crippen LogP contribution in [0.1, 0.15) is 48.5 Å². The minimum atomic E-state index is -0.872. The van der Waals surface area contributed by atoms with Crippen LogP contribution in [0.4, 0.5) is 0 Å². The average molecular weight is 437 g/mol. The van der Waals surface area contributed by atoms with Gasteiger partial charge in [0.25, 0.3) is 11.8 Å². The number of aryl methyl sites for hydroxylation is 1. The fourth-order valence-corrected chi connectivity index (χ4v) is 3.31. The van der Waals surface area contributed by atoms with Crippen molar-refractivity contribution in [3.63, 3.8) is 0 Å². The molecule has 7 heteroatoms. The zero-order valence-electron chi connectivity index (χ0n) is 18.7. The van der Waals surface area contributed by atoms with Crippen LogP contribution >= 0.6 is 0 Å². The molecule has 2 amide bonds. The monoisotopic (exact) mass is 436 g/mol. The molecule has 1 aromatic heterocycles. The summed E-state index contributed by atoms with van der Waals surface area (Å²) in [5.41, 5.74) is 2.14. The fraction of sp³-hybridized carbons (Fsp3) is 0.320. The van der Waals surface area contributed by atoms with Gasteiger partial charge in [-0.2, -0.15) is 0 Å². The number of amides is 2. The van der Waals surface area contributed by atoms with E-state index in [4.69, 9.17) is 9.15 Å². The molecule has 0 spiro atoms. The molecular formula is C25H28N2O5. The van der Waals surface area contributed by atoms with Gasteiger partial charge in [0.05, 0.1) is 6.04 Å². The smallest absolute Gasteiger partial charge is 0.329 e. The highest BCUT2D eigenvalue weighted by Crippen LogP contribution is 2.23. The number of hydrogen-bond donors (Lipinski definition) is 2. The molecule has 2 atom stereocenters. The van der Waals surface area contributed by atoms with Crippen molar-refractivity contribution in [1.29, 1.82) is 0 Å². The molecule has 1 heterocycles. The van der Waals surface area contributed by atoms with Crippen molar-refractivity contribution in [2.75, 3.05) is 6.61 Å². The topological polar surface area (TPSA) is 97.6 Å². The van der Waals surface area contributed by atoms with E-state index in [9.17, 15) is 14.4 Å². The molecule has 3 aromatic rings. The molecule has 7 nitrogen and oxygen atoms in total. The summed E-state index contributed by atoms with van der Waals surface area (Å²) < 4.78 is 10.9. The Kier molecular flexibility index (Phi) is 7.30. The van der Waals surface area contributed by atoms with E-state index in [-0.39, 0.29) is 11.8 Å². The Morgan fingerprint density at radius 2 is 1.72 bits per heavy atom. The van der Waals surface area contributed by atoms with Gasteiger partial charge in [0.15, 0.2) is 6.61 Å². The molecular weight excluding hydrogens is 408 g/mol. The molecule has 0 unspecified atom stereocenters. The molecule has 0 aliphatic rings. The highest BCUT2D eigenvalue weighted by molar-refractivity contribution is 5.97. The summed E-state index contributed by atoms with van der Waals surface area (Å²) in [7, 11) is 0. The van der Waals surface area contributed by atoms with Crippen LogP contribution in [-0.2, 0) is 14.3 Å². The van der Waals surface area contributed by atoms with E-state index in [1.54, 1.807) is 39.0 Å². The Labute approximate surface area is 187 Å². The summed E-state index contributed by atoms with van der Waals surface area (Å²) in [6.07, 6.45) is 0. The third-order valence-electron chi connectivity index (χ3n) is 5.08. The number of para-hydroxylation sites is 1. The summed E-state index contributed by atoms with van der Waals surface area (Å²) in [6.45, 7) is 6.82. The van der Waals surface area contributed by atoms with E-state index >= 15 is 0 Å². The molecule has 0 saturated carbocycles. The summed E-state index contributed by atoms with van der Waals surface area (Å²) in [4.78, 5) is 37.4. The highest BCUT2D eigenvalue weighted by atomic mass is 16.5. The first-order chi connectivity index (χ1) is 15.2. The number of esters is 1. The van der Waals surface area contributed by atoms with Crippen LogP contribution in [0, 0.1) is 12.8 Å². The van der Waals surface area contributed by atoms with Gasteiger partial charge in [-0.15, -0.1) is 0 Å². The van der Waals surface area contributed by atoms with Crippen molar-refractivity contribution < 1.29 is 23.5 Å². The Morgan fingerprint density at radius 3 is 2.41 bits per heavy atom. The number of nitrogens with one attached hydrogen (secondary N) is 2. The molecule has 0 saturated heterocycles. The lowest BCUT2D eigenvalue weighted by molar-refractivity contribution is -0.151. The second-order valence-corrected chi connectivity index (χ2v) is 8.15. The zero-order chi connectivity index (χ0) is 23.3. The first-order valence-electron chi connectivity index (χ1n) is 10.6. The Hall–Kier alpha value is -3.61. The molecule has 32 heavy (non-hydrogen) atoms. The number of carbonyl (C=O) groups is 3. The second kappa shape index (κ2) is 10.1. The van der Waals surface area contributed by atoms with Crippen LogP contribution in [0.15, 0.2) is 59.0 Å². The third-order valence-corrected chi connectivity index (χ3v) is 5.08. The fourth-order valence-electron chi connectivity index (χ4n) is 3.31. The summed E-state index contributed by atoms with van der Waals surface area (Å²) >= 11 is 0. The first kappa shape index (κ1) is 23.1. The quantitative estimate of drug-likeness (QED) is 0.522. The van der Waals surface area contributed by atoms with Gasteiger partial charge in [0.1, 0.15) is 17.4 Å². The van der Waals surface area contributed by atoms with Gasteiger partial charge in [-0.05, 0) is 44.0 Å². The van der Waals surface area contributed by atoms with Crippen LogP contribution < -0.4 is 10.6 Å². The number of fused-ring (bicyclic) bond motifs is 1. The van der Waals surface area contributed by atoms with Gasteiger partial charge in [0, 0.05) is 10.9 Å². The molecule has 0 aliphatic heterocycles. The number of carbonyl (C=O) groups excluding carboxylic acids is 3. The summed E-state index contributed by atoms with van der Waals surface area (Å²) in [5.74, 6) is -1.09. The lowest BCUT2D eigenvalue weighted by Crippen LogP contribution is -2.46. The maximum absolute atomic E-state index is 12.6. The van der Waals surface area contributed by atoms with Crippen LogP contribution in [-0.4, -0.2) is 30.4 Å². The van der Waals surface area contributed by atoms with Crippen molar-refractivity contribution in [3.8, 4) is 0 Å². The van der Waals surface area contributed by atoms with Crippen molar-refractivity contribution in [1.82, 2.24) is 10.6 Å². The molecule has 2 N–H and O–H groups in total. The maximum atomic E-state index is 12.6. The number of furan rings is 1. The van der Waals surface area contributed by atoms with Gasteiger partial charge < -0.3 is 19.8 Å². The van der Waals surface area contributed by atoms with E-state index in [1.807, 2.05) is 43.3 Å². The van der Waals surface area contributed by atoms with E-state index in [0.29, 0.717) is 11.3 Å². The number of hydrogen-bond acceptors (Lipinski definition) is 5. The number of ether oxygens (including phenoxy) is 1. The van der Waals surface area contributed by atoms with Crippen molar-refractivity contribution in [2.45, 2.75) is 39.8 Å². The Balaban J connectivity index is 1.54. The lowest BCUT2D eigenvalue weighted by Gasteiger charge is -2.21. The van der Waals surface area contributed by atoms with E-state index < -0.39 is 30.6 Å². The lowest BCUT2D eigenvalue weighted by atomic mass is 10.0. The number of rotatable bonds is 8. The molecule has 168 valence electrons. The maximum Gasteiger partial charge on any atom is 0.329 e. The van der Waals surface area contributed by atoms with Crippen molar-refractivity contribution in [3.05, 3.63) is 71.5 Å². The minimum Gasteiger partial charge on any atom is -0.459 e. The van der Waals surface area contributed by atoms with Gasteiger partial charge in [-0.1, -0.05) is 49.7 Å². The van der Waals surface area contributed by atoms with E-state index in [0.717, 1.165) is 16.5 Å². The van der Waals surface area contributed by atoms with Crippen LogP contribution in [0.5, 0.6) is 0 Å². The molecule has 3 rings (SSSR count). The molecule has 0 aliphatic carbocycles. The van der Waals surface area contributed by atoms with Crippen LogP contribution in [0.25, 0.3) is 11.0 Å². The SMILES string of the molecule is Cc1cccc(C(=O)N[C@@H](C(=O)OCC(=O)N[C@H](C)c2cc3ccccc3o2)C(C)C)c1. The average Bonchev–Trinajstić information content (AvgIpc) is 3.20. The normalized spacial score (nSPS) is 12.9. The number of benzene rings is 2. The Bertz CT molecular complexity index is 1090. The molecule has 0 radical (unpaired) electrons.